The van der Waals surface area contributed by atoms with Crippen LogP contribution >= 0.6 is 23.5 Å². The molecule has 50 heavy (non-hydrogen) atoms. The first kappa shape index (κ1) is 33.6. The SMILES string of the molecule is COC(=O)c1c2cccc1-c1ccc(cc1)CSCc1ccc(cc1)OCc1ccccc1COc1ccc(cc1)CSCc1ccc-2cc1. The lowest BCUT2D eigenvalue weighted by Gasteiger charge is -2.15. The van der Waals surface area contributed by atoms with Crippen molar-refractivity contribution in [2.75, 3.05) is 7.11 Å². The topological polar surface area (TPSA) is 44.8 Å². The lowest BCUT2D eigenvalue weighted by Crippen LogP contribution is -2.06. The number of methoxy groups -OCH3 is 1. The first-order valence-electron chi connectivity index (χ1n) is 16.7. The Morgan fingerprint density at radius 2 is 0.880 bits per heavy atom. The average molecular weight is 695 g/mol. The van der Waals surface area contributed by atoms with Crippen LogP contribution in [-0.2, 0) is 41.0 Å². The molecule has 0 aliphatic carbocycles. The van der Waals surface area contributed by atoms with Gasteiger partial charge in [-0.25, -0.2) is 4.79 Å². The lowest BCUT2D eigenvalue weighted by atomic mass is 9.91. The van der Waals surface area contributed by atoms with Crippen LogP contribution in [0.15, 0.2) is 140 Å². The lowest BCUT2D eigenvalue weighted by molar-refractivity contribution is 0.0602. The van der Waals surface area contributed by atoms with Gasteiger partial charge < -0.3 is 14.2 Å². The van der Waals surface area contributed by atoms with Crippen molar-refractivity contribution in [3.63, 3.8) is 0 Å². The predicted octanol–water partition coefficient (Wildman–Crippen LogP) is 11.1. The second-order valence-electron chi connectivity index (χ2n) is 12.2. The minimum atomic E-state index is -0.339. The van der Waals surface area contributed by atoms with Gasteiger partial charge in [0.2, 0.25) is 0 Å². The summed E-state index contributed by atoms with van der Waals surface area (Å²) in [5, 5.41) is 0. The Hall–Kier alpha value is -4.91. The fraction of sp³-hybridized carbons (Fsp3) is 0.159. The zero-order chi connectivity index (χ0) is 34.1. The Kier molecular flexibility index (Phi) is 10.9. The van der Waals surface area contributed by atoms with E-state index in [4.69, 9.17) is 14.2 Å². The molecule has 0 spiro atoms. The molecular weight excluding hydrogens is 657 g/mol. The van der Waals surface area contributed by atoms with E-state index in [1.807, 2.05) is 78.1 Å². The third-order valence-electron chi connectivity index (χ3n) is 8.81. The van der Waals surface area contributed by atoms with Crippen LogP contribution in [0.3, 0.4) is 0 Å². The molecule has 6 aromatic rings. The van der Waals surface area contributed by atoms with E-state index in [2.05, 4.69) is 84.9 Å². The molecule has 10 bridgehead atoms. The van der Waals surface area contributed by atoms with E-state index in [1.54, 1.807) is 0 Å². The molecule has 0 saturated carbocycles. The van der Waals surface area contributed by atoms with Gasteiger partial charge in [0.1, 0.15) is 24.7 Å². The quantitative estimate of drug-likeness (QED) is 0.160. The van der Waals surface area contributed by atoms with E-state index < -0.39 is 0 Å². The van der Waals surface area contributed by atoms with Gasteiger partial charge in [-0.15, -0.1) is 0 Å². The van der Waals surface area contributed by atoms with E-state index in [9.17, 15) is 4.79 Å². The van der Waals surface area contributed by atoms with Crippen LogP contribution in [-0.4, -0.2) is 13.1 Å². The number of ether oxygens (including phenoxy) is 3. The Morgan fingerprint density at radius 3 is 1.26 bits per heavy atom. The van der Waals surface area contributed by atoms with Gasteiger partial charge in [0.15, 0.2) is 0 Å². The summed E-state index contributed by atoms with van der Waals surface area (Å²) in [6.45, 7) is 0.960. The van der Waals surface area contributed by atoms with Crippen LogP contribution in [0.2, 0.25) is 0 Å². The van der Waals surface area contributed by atoms with Crippen molar-refractivity contribution in [3.05, 3.63) is 178 Å². The summed E-state index contributed by atoms with van der Waals surface area (Å²) in [4.78, 5) is 13.2. The van der Waals surface area contributed by atoms with Crippen molar-refractivity contribution in [2.45, 2.75) is 36.2 Å². The average Bonchev–Trinajstić information content (AvgIpc) is 3.17. The molecule has 13 rings (SSSR count). The minimum absolute atomic E-state index is 0.339. The molecule has 7 aliphatic rings. The Morgan fingerprint density at radius 1 is 0.500 bits per heavy atom. The van der Waals surface area contributed by atoms with Crippen LogP contribution in [0, 0.1) is 0 Å². The van der Waals surface area contributed by atoms with E-state index in [0.717, 1.165) is 67.9 Å². The molecule has 0 radical (unpaired) electrons. The van der Waals surface area contributed by atoms with Gasteiger partial charge in [-0.1, -0.05) is 115 Å². The number of rotatable bonds is 1. The molecule has 6 heteroatoms. The van der Waals surface area contributed by atoms with Gasteiger partial charge in [0, 0.05) is 23.0 Å². The molecule has 0 amide bonds. The maximum absolute atomic E-state index is 13.2. The van der Waals surface area contributed by atoms with Gasteiger partial charge in [-0.2, -0.15) is 23.5 Å². The van der Waals surface area contributed by atoms with Crippen LogP contribution in [0.25, 0.3) is 22.3 Å². The normalized spacial score (nSPS) is 13.5. The third-order valence-corrected chi connectivity index (χ3v) is 11.0. The first-order chi connectivity index (χ1) is 24.6. The monoisotopic (exact) mass is 694 g/mol. The van der Waals surface area contributed by atoms with Gasteiger partial charge in [0.25, 0.3) is 0 Å². The highest BCUT2D eigenvalue weighted by Crippen LogP contribution is 2.34. The molecule has 0 saturated heterocycles. The van der Waals surface area contributed by atoms with E-state index >= 15 is 0 Å². The summed E-state index contributed by atoms with van der Waals surface area (Å²) in [6.07, 6.45) is 0. The Balaban J connectivity index is 1.14. The number of benzene rings is 6. The number of thioether (sulfide) groups is 2. The van der Waals surface area contributed by atoms with Crippen LogP contribution in [0.1, 0.15) is 43.7 Å². The first-order valence-corrected chi connectivity index (χ1v) is 19.0. The smallest absolute Gasteiger partial charge is 0.339 e. The maximum Gasteiger partial charge on any atom is 0.339 e. The summed E-state index contributed by atoms with van der Waals surface area (Å²) in [5.41, 5.74) is 11.5. The molecule has 0 unspecified atom stereocenters. The number of hydrogen-bond donors (Lipinski definition) is 0. The fourth-order valence-corrected chi connectivity index (χ4v) is 7.93. The summed E-state index contributed by atoms with van der Waals surface area (Å²) < 4.78 is 17.7. The summed E-state index contributed by atoms with van der Waals surface area (Å²) >= 11 is 3.74. The van der Waals surface area contributed by atoms with E-state index in [1.165, 1.54) is 29.4 Å². The second-order valence-corrected chi connectivity index (χ2v) is 14.2. The Bertz CT molecular complexity index is 1900. The molecule has 250 valence electrons. The third kappa shape index (κ3) is 8.27. The highest BCUT2D eigenvalue weighted by Gasteiger charge is 2.19. The molecule has 6 aromatic carbocycles. The van der Waals surface area contributed by atoms with Crippen molar-refractivity contribution in [1.29, 1.82) is 0 Å². The zero-order valence-electron chi connectivity index (χ0n) is 28.0. The van der Waals surface area contributed by atoms with Gasteiger partial charge in [-0.05, 0) is 79.9 Å². The molecular formula is C44H38O4S2. The molecule has 0 aromatic heterocycles. The van der Waals surface area contributed by atoms with Crippen LogP contribution in [0.5, 0.6) is 11.5 Å². The van der Waals surface area contributed by atoms with Gasteiger partial charge in [-0.3, -0.25) is 0 Å². The highest BCUT2D eigenvalue weighted by molar-refractivity contribution is 7.97. The van der Waals surface area contributed by atoms with Crippen LogP contribution < -0.4 is 9.47 Å². The molecule has 0 atom stereocenters. The van der Waals surface area contributed by atoms with Gasteiger partial charge in [0.05, 0.1) is 12.7 Å². The van der Waals surface area contributed by atoms with E-state index in [-0.39, 0.29) is 5.97 Å². The summed E-state index contributed by atoms with van der Waals surface area (Å²) in [6, 6.07) is 48.1. The van der Waals surface area contributed by atoms with Crippen LogP contribution in [0.4, 0.5) is 0 Å². The van der Waals surface area contributed by atoms with Gasteiger partial charge >= 0.3 is 5.97 Å². The number of carbonyl (C=O) groups excluding carboxylic acids is 1. The largest absolute Gasteiger partial charge is 0.489 e. The molecule has 0 fully saturated rings. The van der Waals surface area contributed by atoms with Crippen molar-refractivity contribution in [1.82, 2.24) is 0 Å². The molecule has 4 nitrogen and oxygen atoms in total. The van der Waals surface area contributed by atoms with Crippen molar-refractivity contribution in [3.8, 4) is 33.8 Å². The fourth-order valence-electron chi connectivity index (χ4n) is 6.02. The molecule has 7 aliphatic heterocycles. The highest BCUT2D eigenvalue weighted by atomic mass is 32.2. The zero-order valence-corrected chi connectivity index (χ0v) is 29.6. The second kappa shape index (κ2) is 16.2. The van der Waals surface area contributed by atoms with Crippen molar-refractivity contribution < 1.29 is 19.0 Å². The molecule has 7 heterocycles. The number of hydrogen-bond acceptors (Lipinski definition) is 6. The standard InChI is InChI=1S/C44H38O4S2/c1-46-44(45)43-41-7-4-8-42(43)36-19-11-32(12-20-36)28-50-30-34-15-23-40(24-16-34)48-26-38-6-3-2-5-37(38)25-47-39-21-13-33(14-22-39)29-49-27-31-9-17-35(41)18-10-31/h2-24H,25-30H2,1H3. The number of carbonyl (C=O) groups is 1. The van der Waals surface area contributed by atoms with E-state index in [0.29, 0.717) is 18.8 Å². The van der Waals surface area contributed by atoms with Crippen molar-refractivity contribution >= 4 is 29.5 Å². The Labute approximate surface area is 302 Å². The van der Waals surface area contributed by atoms with Crippen molar-refractivity contribution in [2.24, 2.45) is 0 Å². The maximum atomic E-state index is 13.2. The predicted molar refractivity (Wildman–Crippen MR) is 207 cm³/mol. The summed E-state index contributed by atoms with van der Waals surface area (Å²) in [5.74, 6) is 4.92. The number of esters is 1. The molecule has 0 N–H and O–H groups in total. The minimum Gasteiger partial charge on any atom is -0.489 e. The summed E-state index contributed by atoms with van der Waals surface area (Å²) in [7, 11) is 1.44.